The van der Waals surface area contributed by atoms with Gasteiger partial charge in [-0.1, -0.05) is 36.5 Å². The van der Waals surface area contributed by atoms with Gasteiger partial charge in [0.1, 0.15) is 0 Å². The van der Waals surface area contributed by atoms with Gasteiger partial charge in [0.05, 0.1) is 0 Å². The first-order valence-electron chi connectivity index (χ1n) is 3.39. The highest BCUT2D eigenvalue weighted by Gasteiger charge is 1.97. The lowest BCUT2D eigenvalue weighted by Crippen LogP contribution is -1.90. The van der Waals surface area contributed by atoms with Gasteiger partial charge in [0, 0.05) is 0 Å². The molecular weight excluding hydrogens is 108 g/mol. The molecule has 1 aliphatic carbocycles. The van der Waals surface area contributed by atoms with Crippen LogP contribution in [-0.4, -0.2) is 0 Å². The lowest BCUT2D eigenvalue weighted by atomic mass is 10.0. The Morgan fingerprint density at radius 2 is 2.33 bits per heavy atom. The van der Waals surface area contributed by atoms with Gasteiger partial charge in [0.25, 0.3) is 0 Å². The van der Waals surface area contributed by atoms with Crippen molar-refractivity contribution < 1.29 is 0 Å². The van der Waals surface area contributed by atoms with Crippen LogP contribution in [0.1, 0.15) is 13.3 Å². The highest BCUT2D eigenvalue weighted by molar-refractivity contribution is 5.14. The Morgan fingerprint density at radius 1 is 1.44 bits per heavy atom. The number of rotatable bonds is 1. The van der Waals surface area contributed by atoms with E-state index < -0.39 is 0 Å². The number of allylic oxidation sites excluding steroid dienone is 6. The van der Waals surface area contributed by atoms with Gasteiger partial charge in [0.2, 0.25) is 0 Å². The quantitative estimate of drug-likeness (QED) is 0.467. The first-order valence-corrected chi connectivity index (χ1v) is 3.39. The summed E-state index contributed by atoms with van der Waals surface area (Å²) in [5.41, 5.74) is 0. The Bertz CT molecular complexity index is 149. The normalized spacial score (nSPS) is 25.7. The summed E-state index contributed by atoms with van der Waals surface area (Å²) in [5.74, 6) is 0.653. The van der Waals surface area contributed by atoms with E-state index in [1.54, 1.807) is 0 Å². The topological polar surface area (TPSA) is 0 Å². The van der Waals surface area contributed by atoms with Crippen molar-refractivity contribution in [2.45, 2.75) is 13.3 Å². The molecule has 0 aromatic carbocycles. The standard InChI is InChI=1S/C9H12/c1-2-6-9-7-4-3-5-8-9/h2-7,9H,8H2,1H3/b6-2-/t9-/m1/s1. The molecule has 0 aromatic heterocycles. The van der Waals surface area contributed by atoms with Crippen molar-refractivity contribution in [2.24, 2.45) is 5.92 Å². The maximum Gasteiger partial charge on any atom is -0.00158 e. The minimum atomic E-state index is 0.653. The molecule has 0 nitrogen and oxygen atoms in total. The second-order valence-electron chi connectivity index (χ2n) is 2.24. The van der Waals surface area contributed by atoms with Crippen molar-refractivity contribution in [1.29, 1.82) is 0 Å². The molecule has 0 fully saturated rings. The Morgan fingerprint density at radius 3 is 2.89 bits per heavy atom. The van der Waals surface area contributed by atoms with Crippen LogP contribution in [0.4, 0.5) is 0 Å². The zero-order valence-electron chi connectivity index (χ0n) is 5.75. The van der Waals surface area contributed by atoms with E-state index in [1.165, 1.54) is 6.42 Å². The fraction of sp³-hybridized carbons (Fsp3) is 0.333. The van der Waals surface area contributed by atoms with E-state index in [2.05, 4.69) is 43.4 Å². The highest BCUT2D eigenvalue weighted by atomic mass is 14.0. The monoisotopic (exact) mass is 120 g/mol. The van der Waals surface area contributed by atoms with Crippen LogP contribution in [0.15, 0.2) is 36.5 Å². The molecule has 0 heteroatoms. The van der Waals surface area contributed by atoms with Crippen LogP contribution in [-0.2, 0) is 0 Å². The molecule has 9 heavy (non-hydrogen) atoms. The van der Waals surface area contributed by atoms with Gasteiger partial charge < -0.3 is 0 Å². The lowest BCUT2D eigenvalue weighted by Gasteiger charge is -2.05. The molecule has 0 aromatic rings. The fourth-order valence-corrected chi connectivity index (χ4v) is 0.990. The largest absolute Gasteiger partial charge is 0.0911 e. The van der Waals surface area contributed by atoms with Crippen molar-refractivity contribution >= 4 is 0 Å². The molecule has 1 atom stereocenters. The molecule has 0 saturated carbocycles. The molecule has 0 aliphatic heterocycles. The molecule has 0 saturated heterocycles. The smallest absolute Gasteiger partial charge is 0.00158 e. The summed E-state index contributed by atoms with van der Waals surface area (Å²) >= 11 is 0. The molecule has 0 bridgehead atoms. The van der Waals surface area contributed by atoms with E-state index in [1.807, 2.05) is 0 Å². The number of hydrogen-bond acceptors (Lipinski definition) is 0. The summed E-state index contributed by atoms with van der Waals surface area (Å²) < 4.78 is 0. The molecule has 0 N–H and O–H groups in total. The van der Waals surface area contributed by atoms with Crippen LogP contribution in [0.5, 0.6) is 0 Å². The summed E-state index contributed by atoms with van der Waals surface area (Å²) in [6.45, 7) is 2.06. The predicted octanol–water partition coefficient (Wildman–Crippen LogP) is 2.69. The summed E-state index contributed by atoms with van der Waals surface area (Å²) in [5, 5.41) is 0. The van der Waals surface area contributed by atoms with E-state index in [4.69, 9.17) is 0 Å². The third-order valence-corrected chi connectivity index (χ3v) is 1.45. The predicted molar refractivity (Wildman–Crippen MR) is 41.2 cm³/mol. The minimum Gasteiger partial charge on any atom is -0.0911 e. The lowest BCUT2D eigenvalue weighted by molar-refractivity contribution is 0.821. The third kappa shape index (κ3) is 1.88. The fourth-order valence-electron chi connectivity index (χ4n) is 0.990. The minimum absolute atomic E-state index is 0.653. The van der Waals surface area contributed by atoms with Crippen LogP contribution < -0.4 is 0 Å². The van der Waals surface area contributed by atoms with E-state index in [9.17, 15) is 0 Å². The second-order valence-corrected chi connectivity index (χ2v) is 2.24. The maximum absolute atomic E-state index is 2.22. The molecular formula is C9H12. The van der Waals surface area contributed by atoms with E-state index in [0.717, 1.165) is 0 Å². The van der Waals surface area contributed by atoms with Crippen molar-refractivity contribution in [1.82, 2.24) is 0 Å². The number of hydrogen-bond donors (Lipinski definition) is 0. The van der Waals surface area contributed by atoms with Gasteiger partial charge in [-0.15, -0.1) is 0 Å². The van der Waals surface area contributed by atoms with Crippen LogP contribution in [0.2, 0.25) is 0 Å². The Labute approximate surface area is 56.6 Å². The van der Waals surface area contributed by atoms with Crippen LogP contribution in [0.3, 0.4) is 0 Å². The Hall–Kier alpha value is -0.780. The van der Waals surface area contributed by atoms with Crippen molar-refractivity contribution in [2.75, 3.05) is 0 Å². The Balaban J connectivity index is 2.46. The molecule has 0 amide bonds. The van der Waals surface area contributed by atoms with Crippen LogP contribution in [0.25, 0.3) is 0 Å². The van der Waals surface area contributed by atoms with Gasteiger partial charge in [-0.25, -0.2) is 0 Å². The molecule has 1 aliphatic rings. The van der Waals surface area contributed by atoms with E-state index >= 15 is 0 Å². The zero-order chi connectivity index (χ0) is 6.53. The van der Waals surface area contributed by atoms with Gasteiger partial charge in [-0.05, 0) is 19.3 Å². The SMILES string of the molecule is C/C=C\[C@@H]1C=CC=CC1. The van der Waals surface area contributed by atoms with Crippen LogP contribution >= 0.6 is 0 Å². The van der Waals surface area contributed by atoms with Gasteiger partial charge >= 0.3 is 0 Å². The van der Waals surface area contributed by atoms with E-state index in [0.29, 0.717) is 5.92 Å². The van der Waals surface area contributed by atoms with Crippen LogP contribution in [0, 0.1) is 5.92 Å². The van der Waals surface area contributed by atoms with Crippen molar-refractivity contribution in [3.63, 3.8) is 0 Å². The van der Waals surface area contributed by atoms with Gasteiger partial charge in [-0.2, -0.15) is 0 Å². The molecule has 1 rings (SSSR count). The first-order chi connectivity index (χ1) is 4.43. The third-order valence-electron chi connectivity index (χ3n) is 1.45. The Kier molecular flexibility index (Phi) is 2.32. The molecule has 0 unspecified atom stereocenters. The average Bonchev–Trinajstić information content (AvgIpc) is 1.91. The average molecular weight is 120 g/mol. The van der Waals surface area contributed by atoms with Gasteiger partial charge in [0.15, 0.2) is 0 Å². The second kappa shape index (κ2) is 3.29. The molecule has 0 spiro atoms. The van der Waals surface area contributed by atoms with Crippen molar-refractivity contribution in [3.05, 3.63) is 36.5 Å². The summed E-state index contributed by atoms with van der Waals surface area (Å²) in [4.78, 5) is 0. The van der Waals surface area contributed by atoms with Crippen molar-refractivity contribution in [3.8, 4) is 0 Å². The summed E-state index contributed by atoms with van der Waals surface area (Å²) in [6, 6.07) is 0. The zero-order valence-corrected chi connectivity index (χ0v) is 5.75. The molecule has 0 heterocycles. The van der Waals surface area contributed by atoms with E-state index in [-0.39, 0.29) is 0 Å². The molecule has 48 valence electrons. The highest BCUT2D eigenvalue weighted by Crippen LogP contribution is 2.11. The summed E-state index contributed by atoms with van der Waals surface area (Å²) in [6.07, 6.45) is 14.1. The summed E-state index contributed by atoms with van der Waals surface area (Å²) in [7, 11) is 0. The first kappa shape index (κ1) is 6.34. The molecule has 0 radical (unpaired) electrons. The maximum atomic E-state index is 2.22. The van der Waals surface area contributed by atoms with Gasteiger partial charge in [-0.3, -0.25) is 0 Å².